The molecule has 3 amide bonds. The lowest BCUT2D eigenvalue weighted by atomic mass is 9.85. The van der Waals surface area contributed by atoms with Gasteiger partial charge in [-0.1, -0.05) is 12.2 Å². The van der Waals surface area contributed by atoms with E-state index in [9.17, 15) is 14.4 Å². The largest absolute Gasteiger partial charge is 0.493 e. The molecule has 0 aromatic heterocycles. The van der Waals surface area contributed by atoms with Gasteiger partial charge in [-0.3, -0.25) is 19.3 Å². The second kappa shape index (κ2) is 7.59. The van der Waals surface area contributed by atoms with Gasteiger partial charge in [0.15, 0.2) is 11.5 Å². The molecule has 26 heavy (non-hydrogen) atoms. The molecule has 1 heterocycles. The smallest absolute Gasteiger partial charge is 0.233 e. The summed E-state index contributed by atoms with van der Waals surface area (Å²) >= 11 is 0. The summed E-state index contributed by atoms with van der Waals surface area (Å²) in [4.78, 5) is 38.2. The fraction of sp³-hybridized carbons (Fsp3) is 0.421. The van der Waals surface area contributed by atoms with E-state index in [-0.39, 0.29) is 42.5 Å². The highest BCUT2D eigenvalue weighted by molar-refractivity contribution is 6.05. The van der Waals surface area contributed by atoms with Crippen LogP contribution in [0.3, 0.4) is 0 Å². The molecule has 1 N–H and O–H groups in total. The van der Waals surface area contributed by atoms with Crippen molar-refractivity contribution in [3.63, 3.8) is 0 Å². The number of carbonyl (C=O) groups excluding carboxylic acids is 3. The second-order valence-electron chi connectivity index (χ2n) is 6.35. The molecule has 1 aliphatic heterocycles. The van der Waals surface area contributed by atoms with Crippen molar-refractivity contribution in [3.8, 4) is 11.5 Å². The number of amides is 3. The van der Waals surface area contributed by atoms with Gasteiger partial charge in [-0.25, -0.2) is 0 Å². The Hall–Kier alpha value is -2.83. The molecule has 0 unspecified atom stereocenters. The van der Waals surface area contributed by atoms with E-state index in [0.717, 1.165) is 0 Å². The number of imide groups is 1. The average molecular weight is 358 g/mol. The van der Waals surface area contributed by atoms with Crippen LogP contribution >= 0.6 is 0 Å². The Balaban J connectivity index is 1.58. The van der Waals surface area contributed by atoms with Crippen molar-refractivity contribution in [2.75, 3.05) is 26.1 Å². The SMILES string of the molecule is COc1ccc(NC(=O)CCN2C(=O)[C@@H]3CC=CC[C@H]3C2=O)cc1OC. The molecular formula is C19H22N2O5. The number of hydrogen-bond donors (Lipinski definition) is 1. The quantitative estimate of drug-likeness (QED) is 0.621. The van der Waals surface area contributed by atoms with Crippen LogP contribution in [-0.4, -0.2) is 43.4 Å². The van der Waals surface area contributed by atoms with Crippen molar-refractivity contribution in [2.24, 2.45) is 11.8 Å². The Bertz CT molecular complexity index is 732. The van der Waals surface area contributed by atoms with Crippen molar-refractivity contribution >= 4 is 23.4 Å². The van der Waals surface area contributed by atoms with Crippen molar-refractivity contribution in [1.29, 1.82) is 0 Å². The summed E-state index contributed by atoms with van der Waals surface area (Å²) in [5.41, 5.74) is 0.560. The van der Waals surface area contributed by atoms with Gasteiger partial charge in [0.1, 0.15) is 0 Å². The number of methoxy groups -OCH3 is 2. The van der Waals surface area contributed by atoms with Gasteiger partial charge in [-0.05, 0) is 25.0 Å². The Kier molecular flexibility index (Phi) is 5.25. The van der Waals surface area contributed by atoms with Crippen LogP contribution in [0.25, 0.3) is 0 Å². The van der Waals surface area contributed by atoms with Crippen LogP contribution in [0, 0.1) is 11.8 Å². The number of fused-ring (bicyclic) bond motifs is 1. The van der Waals surface area contributed by atoms with Gasteiger partial charge in [0.25, 0.3) is 0 Å². The molecule has 1 saturated heterocycles. The third-order valence-electron chi connectivity index (χ3n) is 4.83. The molecular weight excluding hydrogens is 336 g/mol. The minimum Gasteiger partial charge on any atom is -0.493 e. The van der Waals surface area contributed by atoms with Crippen LogP contribution < -0.4 is 14.8 Å². The molecule has 0 saturated carbocycles. The number of hydrogen-bond acceptors (Lipinski definition) is 5. The van der Waals surface area contributed by atoms with Gasteiger partial charge in [0.05, 0.1) is 26.1 Å². The molecule has 7 heteroatoms. The highest BCUT2D eigenvalue weighted by Crippen LogP contribution is 2.35. The Morgan fingerprint density at radius 2 is 1.69 bits per heavy atom. The van der Waals surface area contributed by atoms with Crippen molar-refractivity contribution < 1.29 is 23.9 Å². The van der Waals surface area contributed by atoms with Crippen LogP contribution in [0.5, 0.6) is 11.5 Å². The van der Waals surface area contributed by atoms with E-state index in [4.69, 9.17) is 9.47 Å². The van der Waals surface area contributed by atoms with Gasteiger partial charge in [0.2, 0.25) is 17.7 Å². The molecule has 7 nitrogen and oxygen atoms in total. The summed E-state index contributed by atoms with van der Waals surface area (Å²) in [6, 6.07) is 5.05. The predicted octanol–water partition coefficient (Wildman–Crippen LogP) is 1.98. The zero-order valence-corrected chi connectivity index (χ0v) is 14.9. The number of anilines is 1. The molecule has 0 radical (unpaired) electrons. The minimum absolute atomic E-state index is 0.0543. The van der Waals surface area contributed by atoms with Crippen LogP contribution in [0.15, 0.2) is 30.4 Å². The lowest BCUT2D eigenvalue weighted by Crippen LogP contribution is -2.34. The normalized spacial score (nSPS) is 21.5. The van der Waals surface area contributed by atoms with E-state index in [1.807, 2.05) is 12.2 Å². The molecule has 138 valence electrons. The minimum atomic E-state index is -0.272. The highest BCUT2D eigenvalue weighted by Gasteiger charge is 2.46. The van der Waals surface area contributed by atoms with Gasteiger partial charge >= 0.3 is 0 Å². The number of nitrogens with one attached hydrogen (secondary N) is 1. The molecule has 2 atom stereocenters. The summed E-state index contributed by atoms with van der Waals surface area (Å²) in [5, 5.41) is 2.75. The first kappa shape index (κ1) is 18.0. The maximum absolute atomic E-state index is 12.4. The number of ether oxygens (including phenoxy) is 2. The van der Waals surface area contributed by atoms with E-state index in [1.54, 1.807) is 18.2 Å². The first-order valence-corrected chi connectivity index (χ1v) is 8.57. The molecule has 1 aromatic rings. The van der Waals surface area contributed by atoms with Crippen LogP contribution in [0.2, 0.25) is 0 Å². The molecule has 1 fully saturated rings. The summed E-state index contributed by atoms with van der Waals surface area (Å²) in [7, 11) is 3.05. The fourth-order valence-electron chi connectivity index (χ4n) is 3.44. The topological polar surface area (TPSA) is 84.9 Å². The molecule has 1 aliphatic carbocycles. The Morgan fingerprint density at radius 3 is 2.27 bits per heavy atom. The summed E-state index contributed by atoms with van der Waals surface area (Å²) in [6.45, 7) is 0.101. The zero-order chi connectivity index (χ0) is 18.7. The number of allylic oxidation sites excluding steroid dienone is 2. The molecule has 1 aromatic carbocycles. The van der Waals surface area contributed by atoms with Crippen molar-refractivity contribution in [3.05, 3.63) is 30.4 Å². The maximum atomic E-state index is 12.4. The number of carbonyl (C=O) groups is 3. The molecule has 0 spiro atoms. The van der Waals surface area contributed by atoms with E-state index in [0.29, 0.717) is 30.0 Å². The summed E-state index contributed by atoms with van der Waals surface area (Å²) < 4.78 is 10.4. The van der Waals surface area contributed by atoms with E-state index < -0.39 is 0 Å². The average Bonchev–Trinajstić information content (AvgIpc) is 2.90. The van der Waals surface area contributed by atoms with E-state index in [1.165, 1.54) is 19.1 Å². The van der Waals surface area contributed by atoms with Crippen LogP contribution in [0.4, 0.5) is 5.69 Å². The maximum Gasteiger partial charge on any atom is 0.233 e. The first-order chi connectivity index (χ1) is 12.5. The standard InChI is InChI=1S/C19H22N2O5/c1-25-15-8-7-12(11-16(15)26-2)20-17(22)9-10-21-18(23)13-5-3-4-6-14(13)19(21)24/h3-4,7-8,11,13-14H,5-6,9-10H2,1-2H3,(H,20,22)/t13-,14-/m1/s1. The van der Waals surface area contributed by atoms with E-state index >= 15 is 0 Å². The monoisotopic (exact) mass is 358 g/mol. The van der Waals surface area contributed by atoms with Gasteiger partial charge in [-0.15, -0.1) is 0 Å². The lowest BCUT2D eigenvalue weighted by molar-refractivity contribution is -0.140. The number of benzene rings is 1. The Labute approximate surface area is 151 Å². The van der Waals surface area contributed by atoms with Gasteiger partial charge < -0.3 is 14.8 Å². The highest BCUT2D eigenvalue weighted by atomic mass is 16.5. The van der Waals surface area contributed by atoms with Crippen molar-refractivity contribution in [1.82, 2.24) is 4.90 Å². The summed E-state index contributed by atoms with van der Waals surface area (Å²) in [5.74, 6) is -0.0538. The third-order valence-corrected chi connectivity index (χ3v) is 4.83. The van der Waals surface area contributed by atoms with Crippen LogP contribution in [0.1, 0.15) is 19.3 Å². The number of nitrogens with zero attached hydrogens (tertiary/aromatic N) is 1. The van der Waals surface area contributed by atoms with Crippen molar-refractivity contribution in [2.45, 2.75) is 19.3 Å². The third kappa shape index (κ3) is 3.42. The molecule has 2 aliphatic rings. The van der Waals surface area contributed by atoms with E-state index in [2.05, 4.69) is 5.32 Å². The molecule has 0 bridgehead atoms. The van der Waals surface area contributed by atoms with Gasteiger partial charge in [-0.2, -0.15) is 0 Å². The number of likely N-dealkylation sites (tertiary alicyclic amines) is 1. The first-order valence-electron chi connectivity index (χ1n) is 8.57. The van der Waals surface area contributed by atoms with Crippen LogP contribution in [-0.2, 0) is 14.4 Å². The lowest BCUT2D eigenvalue weighted by Gasteiger charge is -2.15. The fourth-order valence-corrected chi connectivity index (χ4v) is 3.44. The number of rotatable bonds is 6. The van der Waals surface area contributed by atoms with Gasteiger partial charge in [0, 0.05) is 24.7 Å². The zero-order valence-electron chi connectivity index (χ0n) is 14.9. The summed E-state index contributed by atoms with van der Waals surface area (Å²) in [6.07, 6.45) is 5.14. The predicted molar refractivity (Wildman–Crippen MR) is 94.9 cm³/mol. The Morgan fingerprint density at radius 1 is 1.08 bits per heavy atom. The second-order valence-corrected chi connectivity index (χ2v) is 6.35. The molecule has 3 rings (SSSR count).